The first kappa shape index (κ1) is 17.9. The molecule has 3 heterocycles. The quantitative estimate of drug-likeness (QED) is 0.386. The van der Waals surface area contributed by atoms with E-state index in [-0.39, 0.29) is 12.4 Å². The molecule has 134 valence electrons. The van der Waals surface area contributed by atoms with Crippen molar-refractivity contribution in [1.82, 2.24) is 15.1 Å². The predicted molar refractivity (Wildman–Crippen MR) is 95.2 cm³/mol. The van der Waals surface area contributed by atoms with Crippen LogP contribution in [0.1, 0.15) is 37.9 Å². The number of pyridine rings is 1. The summed E-state index contributed by atoms with van der Waals surface area (Å²) in [4.78, 5) is 31.3. The van der Waals surface area contributed by atoms with Crippen molar-refractivity contribution in [2.24, 2.45) is 0 Å². The first-order valence-electron chi connectivity index (χ1n) is 7.89. The molecule has 0 aliphatic carbocycles. The number of thioether (sulfide) groups is 1. The summed E-state index contributed by atoms with van der Waals surface area (Å²) in [6.45, 7) is 3.38. The number of aryl methyl sites for hydroxylation is 2. The first-order chi connectivity index (χ1) is 12.6. The van der Waals surface area contributed by atoms with Crippen LogP contribution in [0.4, 0.5) is 0 Å². The van der Waals surface area contributed by atoms with Crippen LogP contribution in [0.15, 0.2) is 46.2 Å². The summed E-state index contributed by atoms with van der Waals surface area (Å²) in [5.41, 5.74) is 2.51. The highest BCUT2D eigenvalue weighted by atomic mass is 32.2. The van der Waals surface area contributed by atoms with Gasteiger partial charge in [-0.25, -0.2) is 9.78 Å². The molecule has 0 aromatic carbocycles. The van der Waals surface area contributed by atoms with Crippen LogP contribution in [0, 0.1) is 13.8 Å². The van der Waals surface area contributed by atoms with Crippen molar-refractivity contribution in [3.63, 3.8) is 0 Å². The number of carbonyl (C=O) groups excluding carboxylic acids is 2. The van der Waals surface area contributed by atoms with Gasteiger partial charge < -0.3 is 14.2 Å². The third-order valence-electron chi connectivity index (χ3n) is 3.76. The molecule has 1 N–H and O–H groups in total. The van der Waals surface area contributed by atoms with Gasteiger partial charge in [-0.15, -0.1) is 11.8 Å². The second-order valence-corrected chi connectivity index (χ2v) is 6.49. The number of rotatable bonds is 7. The average Bonchev–Trinajstić information content (AvgIpc) is 3.29. The summed E-state index contributed by atoms with van der Waals surface area (Å²) in [5.74, 6) is 0.433. The highest BCUT2D eigenvalue weighted by Crippen LogP contribution is 2.27. The van der Waals surface area contributed by atoms with Crippen LogP contribution in [0.2, 0.25) is 0 Å². The molecular weight excluding hydrogens is 354 g/mol. The Morgan fingerprint density at radius 1 is 1.27 bits per heavy atom. The number of aromatic nitrogens is 3. The van der Waals surface area contributed by atoms with E-state index in [4.69, 9.17) is 9.26 Å². The van der Waals surface area contributed by atoms with Crippen LogP contribution in [-0.4, -0.2) is 33.5 Å². The number of aromatic amines is 1. The van der Waals surface area contributed by atoms with Gasteiger partial charge in [-0.3, -0.25) is 4.79 Å². The largest absolute Gasteiger partial charge is 0.454 e. The summed E-state index contributed by atoms with van der Waals surface area (Å²) in [6, 6.07) is 6.62. The van der Waals surface area contributed by atoms with E-state index in [9.17, 15) is 9.59 Å². The van der Waals surface area contributed by atoms with Crippen LogP contribution >= 0.6 is 11.8 Å². The van der Waals surface area contributed by atoms with Gasteiger partial charge in [0, 0.05) is 23.7 Å². The SMILES string of the molecule is Cc1noc(C)c1CSc1ncccc1C(=O)OCC(=O)c1ccc[nH]1. The molecule has 0 unspecified atom stereocenters. The normalized spacial score (nSPS) is 10.7. The summed E-state index contributed by atoms with van der Waals surface area (Å²) < 4.78 is 10.3. The number of ketones is 1. The molecule has 0 saturated carbocycles. The second kappa shape index (κ2) is 8.01. The van der Waals surface area contributed by atoms with E-state index in [1.54, 1.807) is 36.7 Å². The van der Waals surface area contributed by atoms with Crippen molar-refractivity contribution in [3.05, 3.63) is 64.9 Å². The topological polar surface area (TPSA) is 98.1 Å². The lowest BCUT2D eigenvalue weighted by atomic mass is 10.2. The Morgan fingerprint density at radius 3 is 2.81 bits per heavy atom. The molecule has 3 aromatic rings. The number of esters is 1. The maximum absolute atomic E-state index is 12.4. The number of nitrogens with one attached hydrogen (secondary N) is 1. The molecule has 0 aliphatic rings. The number of hydrogen-bond donors (Lipinski definition) is 1. The molecular formula is C18H17N3O4S. The van der Waals surface area contributed by atoms with Crippen molar-refractivity contribution >= 4 is 23.5 Å². The highest BCUT2D eigenvalue weighted by molar-refractivity contribution is 7.98. The summed E-state index contributed by atoms with van der Waals surface area (Å²) in [5, 5.41) is 4.45. The van der Waals surface area contributed by atoms with Gasteiger partial charge in [0.25, 0.3) is 0 Å². The predicted octanol–water partition coefficient (Wildman–Crippen LogP) is 3.35. The third kappa shape index (κ3) is 4.02. The monoisotopic (exact) mass is 371 g/mol. The molecule has 3 aromatic heterocycles. The number of ether oxygens (including phenoxy) is 1. The van der Waals surface area contributed by atoms with E-state index in [2.05, 4.69) is 15.1 Å². The summed E-state index contributed by atoms with van der Waals surface area (Å²) >= 11 is 1.39. The molecule has 0 aliphatic heterocycles. The third-order valence-corrected chi connectivity index (χ3v) is 4.79. The number of carbonyl (C=O) groups is 2. The Hall–Kier alpha value is -2.87. The van der Waals surface area contributed by atoms with E-state index >= 15 is 0 Å². The van der Waals surface area contributed by atoms with Gasteiger partial charge in [-0.1, -0.05) is 5.16 Å². The maximum Gasteiger partial charge on any atom is 0.341 e. The zero-order valence-corrected chi connectivity index (χ0v) is 15.1. The first-order valence-corrected chi connectivity index (χ1v) is 8.88. The minimum atomic E-state index is -0.584. The maximum atomic E-state index is 12.4. The minimum absolute atomic E-state index is 0.294. The van der Waals surface area contributed by atoms with E-state index in [1.807, 2.05) is 13.8 Å². The van der Waals surface area contributed by atoms with Crippen LogP contribution in [0.25, 0.3) is 0 Å². The Bertz CT molecular complexity index is 899. The van der Waals surface area contributed by atoms with Gasteiger partial charge >= 0.3 is 5.97 Å². The van der Waals surface area contributed by atoms with Gasteiger partial charge in [0.2, 0.25) is 5.78 Å². The average molecular weight is 371 g/mol. The fourth-order valence-corrected chi connectivity index (χ4v) is 3.44. The Balaban J connectivity index is 1.66. The molecule has 0 bridgehead atoms. The van der Waals surface area contributed by atoms with Crippen molar-refractivity contribution in [2.45, 2.75) is 24.6 Å². The van der Waals surface area contributed by atoms with Crippen molar-refractivity contribution < 1.29 is 18.8 Å². The van der Waals surface area contributed by atoms with E-state index in [0.717, 1.165) is 17.0 Å². The highest BCUT2D eigenvalue weighted by Gasteiger charge is 2.18. The standard InChI is InChI=1S/C18H17N3O4S/c1-11-14(12(2)25-21-11)10-26-17-13(5-3-8-20-17)18(23)24-9-16(22)15-6-4-7-19-15/h3-8,19H,9-10H2,1-2H3. The fraction of sp³-hybridized carbons (Fsp3) is 0.222. The number of hydrogen-bond acceptors (Lipinski definition) is 7. The van der Waals surface area contributed by atoms with Gasteiger partial charge in [-0.05, 0) is 38.1 Å². The second-order valence-electron chi connectivity index (χ2n) is 5.53. The van der Waals surface area contributed by atoms with Gasteiger partial charge in [0.1, 0.15) is 10.8 Å². The molecule has 26 heavy (non-hydrogen) atoms. The summed E-state index contributed by atoms with van der Waals surface area (Å²) in [7, 11) is 0. The van der Waals surface area contributed by atoms with E-state index in [1.165, 1.54) is 11.8 Å². The Kier molecular flexibility index (Phi) is 5.52. The van der Waals surface area contributed by atoms with Gasteiger partial charge in [-0.2, -0.15) is 0 Å². The molecule has 0 spiro atoms. The number of Topliss-reactive ketones (excluding diaryl/α,β-unsaturated/α-hetero) is 1. The van der Waals surface area contributed by atoms with Crippen LogP contribution in [-0.2, 0) is 10.5 Å². The molecule has 8 heteroatoms. The lowest BCUT2D eigenvalue weighted by Crippen LogP contribution is -2.15. The molecule has 0 fully saturated rings. The Morgan fingerprint density at radius 2 is 2.12 bits per heavy atom. The lowest BCUT2D eigenvalue weighted by Gasteiger charge is -2.08. The molecule has 0 amide bonds. The summed E-state index contributed by atoms with van der Waals surface area (Å²) in [6.07, 6.45) is 3.25. The van der Waals surface area contributed by atoms with Gasteiger partial charge in [0.05, 0.1) is 17.0 Å². The van der Waals surface area contributed by atoms with Crippen LogP contribution in [0.3, 0.4) is 0 Å². The lowest BCUT2D eigenvalue weighted by molar-refractivity contribution is 0.0469. The van der Waals surface area contributed by atoms with Crippen molar-refractivity contribution in [1.29, 1.82) is 0 Å². The minimum Gasteiger partial charge on any atom is -0.454 e. The zero-order chi connectivity index (χ0) is 18.5. The van der Waals surface area contributed by atoms with Crippen LogP contribution < -0.4 is 0 Å². The van der Waals surface area contributed by atoms with Crippen molar-refractivity contribution in [2.75, 3.05) is 6.61 Å². The molecule has 0 atom stereocenters. The fourth-order valence-electron chi connectivity index (χ4n) is 2.30. The molecule has 0 saturated heterocycles. The number of H-pyrrole nitrogens is 1. The van der Waals surface area contributed by atoms with E-state index in [0.29, 0.717) is 22.0 Å². The smallest absolute Gasteiger partial charge is 0.341 e. The van der Waals surface area contributed by atoms with Crippen LogP contribution in [0.5, 0.6) is 0 Å². The number of nitrogens with zero attached hydrogens (tertiary/aromatic N) is 2. The van der Waals surface area contributed by atoms with E-state index < -0.39 is 5.97 Å². The molecule has 3 rings (SSSR count). The van der Waals surface area contributed by atoms with Crippen molar-refractivity contribution in [3.8, 4) is 0 Å². The molecule has 0 radical (unpaired) electrons. The Labute approximate surface area is 154 Å². The van der Waals surface area contributed by atoms with Gasteiger partial charge in [0.15, 0.2) is 6.61 Å². The molecule has 7 nitrogen and oxygen atoms in total. The zero-order valence-electron chi connectivity index (χ0n) is 14.3.